The summed E-state index contributed by atoms with van der Waals surface area (Å²) in [6, 6.07) is -0.151. The Morgan fingerprint density at radius 1 is 1.33 bits per heavy atom. The molecule has 1 saturated heterocycles. The summed E-state index contributed by atoms with van der Waals surface area (Å²) in [4.78, 5) is 15.7. The van der Waals surface area contributed by atoms with Crippen molar-refractivity contribution in [2.45, 2.75) is 18.9 Å². The molecule has 1 aliphatic heterocycles. The first kappa shape index (κ1) is 15.8. The smallest absolute Gasteiger partial charge is 0.223 e. The topological polar surface area (TPSA) is 57.7 Å². The predicted octanol–water partition coefficient (Wildman–Crippen LogP) is -0.116. The van der Waals surface area contributed by atoms with Crippen molar-refractivity contribution in [2.24, 2.45) is 0 Å². The summed E-state index contributed by atoms with van der Waals surface area (Å²) in [5.74, 6) is 0.814. The molecule has 0 aliphatic carbocycles. The molecule has 0 N–H and O–H groups in total. The molecule has 0 bridgehead atoms. The molecule has 18 heavy (non-hydrogen) atoms. The van der Waals surface area contributed by atoms with Gasteiger partial charge in [-0.15, -0.1) is 0 Å². The first-order chi connectivity index (χ1) is 8.35. The van der Waals surface area contributed by atoms with Gasteiger partial charge in [0, 0.05) is 25.6 Å². The van der Waals surface area contributed by atoms with Crippen molar-refractivity contribution in [1.29, 1.82) is 0 Å². The van der Waals surface area contributed by atoms with Gasteiger partial charge in [0.1, 0.15) is 0 Å². The average Bonchev–Trinajstić information content (AvgIpc) is 2.59. The van der Waals surface area contributed by atoms with Gasteiger partial charge in [-0.25, -0.2) is 8.42 Å². The van der Waals surface area contributed by atoms with Gasteiger partial charge in [-0.05, 0) is 26.3 Å². The van der Waals surface area contributed by atoms with E-state index in [2.05, 4.69) is 12.6 Å². The Labute approximate surface area is 115 Å². The minimum absolute atomic E-state index is 0.00829. The summed E-state index contributed by atoms with van der Waals surface area (Å²) in [6.07, 6.45) is 0.932. The van der Waals surface area contributed by atoms with Crippen molar-refractivity contribution in [3.63, 3.8) is 0 Å². The van der Waals surface area contributed by atoms with E-state index in [4.69, 9.17) is 0 Å². The van der Waals surface area contributed by atoms with E-state index >= 15 is 0 Å². The largest absolute Gasteiger partial charge is 0.337 e. The summed E-state index contributed by atoms with van der Waals surface area (Å²) in [5.41, 5.74) is 0. The van der Waals surface area contributed by atoms with E-state index in [1.54, 1.807) is 4.90 Å². The van der Waals surface area contributed by atoms with E-state index in [1.807, 2.05) is 19.0 Å². The second-order valence-corrected chi connectivity index (χ2v) is 7.60. The lowest BCUT2D eigenvalue weighted by Crippen LogP contribution is -2.44. The molecule has 1 heterocycles. The Morgan fingerprint density at radius 3 is 2.44 bits per heavy atom. The normalized spacial score (nSPS) is 22.3. The van der Waals surface area contributed by atoms with E-state index in [1.165, 1.54) is 0 Å². The number of rotatable bonds is 6. The lowest BCUT2D eigenvalue weighted by atomic mass is 10.2. The Kier molecular flexibility index (Phi) is 5.94. The highest BCUT2D eigenvalue weighted by Gasteiger charge is 2.34. The summed E-state index contributed by atoms with van der Waals surface area (Å²) >= 11 is 4.06. The van der Waals surface area contributed by atoms with Crippen LogP contribution < -0.4 is 0 Å². The van der Waals surface area contributed by atoms with Gasteiger partial charge in [0.2, 0.25) is 5.91 Å². The highest BCUT2D eigenvalue weighted by atomic mass is 32.2. The van der Waals surface area contributed by atoms with E-state index in [0.29, 0.717) is 25.1 Å². The van der Waals surface area contributed by atoms with Crippen LogP contribution in [0.15, 0.2) is 0 Å². The molecule has 1 rings (SSSR count). The van der Waals surface area contributed by atoms with Crippen LogP contribution in [0.4, 0.5) is 0 Å². The van der Waals surface area contributed by atoms with E-state index in [9.17, 15) is 13.2 Å². The standard InChI is InChI=1S/C11H22N2O3S2/c1-12(2)5-6-13(11(14)3-7-17)10-4-8-18(15,16)9-10/h10,17H,3-9H2,1-2H3. The second-order valence-electron chi connectivity index (χ2n) is 4.92. The first-order valence-corrected chi connectivity index (χ1v) is 8.56. The Bertz CT molecular complexity index is 382. The van der Waals surface area contributed by atoms with Crippen LogP contribution in [0.3, 0.4) is 0 Å². The third kappa shape index (κ3) is 4.78. The maximum absolute atomic E-state index is 12.0. The van der Waals surface area contributed by atoms with Crippen LogP contribution in [-0.2, 0) is 14.6 Å². The second kappa shape index (κ2) is 6.77. The summed E-state index contributed by atoms with van der Waals surface area (Å²) in [7, 11) is 0.920. The molecule has 1 atom stereocenters. The molecular formula is C11H22N2O3S2. The number of thiol groups is 1. The van der Waals surface area contributed by atoms with Crippen LogP contribution in [0.1, 0.15) is 12.8 Å². The van der Waals surface area contributed by atoms with Gasteiger partial charge in [0.15, 0.2) is 9.84 Å². The monoisotopic (exact) mass is 294 g/mol. The molecule has 0 aromatic heterocycles. The molecule has 0 spiro atoms. The van der Waals surface area contributed by atoms with Gasteiger partial charge in [-0.2, -0.15) is 12.6 Å². The number of carbonyl (C=O) groups excluding carboxylic acids is 1. The maximum Gasteiger partial charge on any atom is 0.223 e. The van der Waals surface area contributed by atoms with Crippen molar-refractivity contribution in [3.05, 3.63) is 0 Å². The van der Waals surface area contributed by atoms with Crippen molar-refractivity contribution in [2.75, 3.05) is 44.4 Å². The third-order valence-electron chi connectivity index (χ3n) is 3.08. The SMILES string of the molecule is CN(C)CCN(C(=O)CCS)C1CCS(=O)(=O)C1. The highest BCUT2D eigenvalue weighted by Crippen LogP contribution is 2.18. The molecule has 1 amide bonds. The van der Waals surface area contributed by atoms with Crippen molar-refractivity contribution in [3.8, 4) is 0 Å². The molecule has 5 nitrogen and oxygen atoms in total. The number of hydrogen-bond donors (Lipinski definition) is 1. The van der Waals surface area contributed by atoms with Gasteiger partial charge in [0.25, 0.3) is 0 Å². The molecule has 0 aromatic rings. The number of likely N-dealkylation sites (N-methyl/N-ethyl adjacent to an activating group) is 1. The summed E-state index contributed by atoms with van der Waals surface area (Å²) in [5, 5.41) is 0. The van der Waals surface area contributed by atoms with Gasteiger partial charge < -0.3 is 9.80 Å². The lowest BCUT2D eigenvalue weighted by molar-refractivity contribution is -0.132. The first-order valence-electron chi connectivity index (χ1n) is 6.11. The number of sulfone groups is 1. The molecule has 1 unspecified atom stereocenters. The third-order valence-corrected chi connectivity index (χ3v) is 5.06. The zero-order chi connectivity index (χ0) is 13.8. The predicted molar refractivity (Wildman–Crippen MR) is 75.8 cm³/mol. The number of hydrogen-bond acceptors (Lipinski definition) is 5. The van der Waals surface area contributed by atoms with Gasteiger partial charge in [-0.1, -0.05) is 0 Å². The van der Waals surface area contributed by atoms with Gasteiger partial charge in [-0.3, -0.25) is 4.79 Å². The van der Waals surface area contributed by atoms with Crippen LogP contribution in [0, 0.1) is 0 Å². The lowest BCUT2D eigenvalue weighted by Gasteiger charge is -2.29. The van der Waals surface area contributed by atoms with Crippen LogP contribution in [0.5, 0.6) is 0 Å². The van der Waals surface area contributed by atoms with Crippen LogP contribution >= 0.6 is 12.6 Å². The zero-order valence-electron chi connectivity index (χ0n) is 11.0. The van der Waals surface area contributed by atoms with Crippen LogP contribution in [0.2, 0.25) is 0 Å². The molecular weight excluding hydrogens is 272 g/mol. The van der Waals surface area contributed by atoms with E-state index < -0.39 is 9.84 Å². The van der Waals surface area contributed by atoms with Gasteiger partial charge in [0.05, 0.1) is 11.5 Å². The zero-order valence-corrected chi connectivity index (χ0v) is 12.7. The minimum atomic E-state index is -2.95. The van der Waals surface area contributed by atoms with E-state index in [-0.39, 0.29) is 23.5 Å². The molecule has 7 heteroatoms. The fraction of sp³-hybridized carbons (Fsp3) is 0.909. The average molecular weight is 294 g/mol. The number of carbonyl (C=O) groups is 1. The summed E-state index contributed by atoms with van der Waals surface area (Å²) in [6.45, 7) is 1.33. The molecule has 1 fully saturated rings. The van der Waals surface area contributed by atoms with Crippen LogP contribution in [0.25, 0.3) is 0 Å². The van der Waals surface area contributed by atoms with E-state index in [0.717, 1.165) is 6.54 Å². The number of nitrogens with zero attached hydrogens (tertiary/aromatic N) is 2. The van der Waals surface area contributed by atoms with Crippen molar-refractivity contribution in [1.82, 2.24) is 9.80 Å². The Balaban J connectivity index is 2.68. The maximum atomic E-state index is 12.0. The Morgan fingerprint density at radius 2 is 2.00 bits per heavy atom. The molecule has 0 radical (unpaired) electrons. The van der Waals surface area contributed by atoms with Crippen LogP contribution in [-0.4, -0.2) is 74.6 Å². The fourth-order valence-corrected chi connectivity index (χ4v) is 4.00. The number of amides is 1. The van der Waals surface area contributed by atoms with Crippen molar-refractivity contribution < 1.29 is 13.2 Å². The fourth-order valence-electron chi connectivity index (χ4n) is 2.08. The Hall–Kier alpha value is -0.270. The highest BCUT2D eigenvalue weighted by molar-refractivity contribution is 7.91. The molecule has 0 aromatic carbocycles. The molecule has 0 saturated carbocycles. The van der Waals surface area contributed by atoms with Gasteiger partial charge >= 0.3 is 0 Å². The molecule has 106 valence electrons. The van der Waals surface area contributed by atoms with Crippen molar-refractivity contribution >= 4 is 28.4 Å². The minimum Gasteiger partial charge on any atom is -0.337 e. The molecule has 1 aliphatic rings. The summed E-state index contributed by atoms with van der Waals surface area (Å²) < 4.78 is 23.0. The quantitative estimate of drug-likeness (QED) is 0.694.